The molecule has 2 aliphatic rings. The fraction of sp³-hybridized carbons (Fsp3) is 0.118. The molecule has 2 aromatic heterocycles. The normalized spacial score (nSPS) is 17.5. The number of thiazole rings is 1. The van der Waals surface area contributed by atoms with E-state index in [0.29, 0.717) is 22.3 Å². The molecule has 0 aliphatic carbocycles. The van der Waals surface area contributed by atoms with E-state index in [1.54, 1.807) is 66.7 Å². The first kappa shape index (κ1) is 25.6. The summed E-state index contributed by atoms with van der Waals surface area (Å²) in [5.74, 6) is -1.86. The van der Waals surface area contributed by atoms with Crippen LogP contribution >= 0.6 is 11.3 Å². The summed E-state index contributed by atoms with van der Waals surface area (Å²) >= 11 is 1.27. The number of hydrogen-bond acceptors (Lipinski definition) is 6. The van der Waals surface area contributed by atoms with Gasteiger partial charge >= 0.3 is 0 Å². The maximum absolute atomic E-state index is 15.0. The predicted molar refractivity (Wildman–Crippen MR) is 163 cm³/mol. The van der Waals surface area contributed by atoms with Gasteiger partial charge in [0.15, 0.2) is 16.1 Å². The van der Waals surface area contributed by atoms with Crippen molar-refractivity contribution in [3.8, 4) is 0 Å². The molecule has 4 aromatic carbocycles. The van der Waals surface area contributed by atoms with E-state index in [9.17, 15) is 14.0 Å². The van der Waals surface area contributed by atoms with Crippen molar-refractivity contribution >= 4 is 55.2 Å². The van der Waals surface area contributed by atoms with Crippen molar-refractivity contribution in [2.24, 2.45) is 0 Å². The Bertz CT molecular complexity index is 2260. The van der Waals surface area contributed by atoms with Gasteiger partial charge in [-0.3, -0.25) is 19.3 Å². The van der Waals surface area contributed by atoms with Crippen molar-refractivity contribution in [2.45, 2.75) is 25.9 Å². The Balaban J connectivity index is 1.46. The summed E-state index contributed by atoms with van der Waals surface area (Å²) < 4.78 is 21.9. The van der Waals surface area contributed by atoms with Crippen LogP contribution < -0.4 is 15.2 Å². The number of aromatic nitrogens is 1. The molecule has 6 aromatic rings. The van der Waals surface area contributed by atoms with E-state index in [0.717, 1.165) is 15.8 Å². The first-order valence-electron chi connectivity index (χ1n) is 13.7. The molecule has 9 heteroatoms. The van der Waals surface area contributed by atoms with E-state index in [1.165, 1.54) is 27.2 Å². The van der Waals surface area contributed by atoms with Gasteiger partial charge in [0.2, 0.25) is 5.76 Å². The Labute approximate surface area is 248 Å². The van der Waals surface area contributed by atoms with Gasteiger partial charge < -0.3 is 9.32 Å². The number of aryl methyl sites for hydroxylation is 2. The largest absolute Gasteiger partial charge is 0.450 e. The van der Waals surface area contributed by atoms with Gasteiger partial charge in [-0.2, -0.15) is 0 Å². The fourth-order valence-corrected chi connectivity index (χ4v) is 7.71. The lowest BCUT2D eigenvalue weighted by atomic mass is 9.84. The Morgan fingerprint density at radius 3 is 2.51 bits per heavy atom. The third-order valence-corrected chi connectivity index (χ3v) is 9.32. The van der Waals surface area contributed by atoms with Crippen LogP contribution in [0.4, 0.5) is 15.2 Å². The second-order valence-electron chi connectivity index (χ2n) is 10.9. The van der Waals surface area contributed by atoms with Gasteiger partial charge in [0.1, 0.15) is 11.4 Å². The number of hydrogen-bond donors (Lipinski definition) is 0. The molecule has 210 valence electrons. The Hall–Kier alpha value is -5.15. The summed E-state index contributed by atoms with van der Waals surface area (Å²) in [6.45, 7) is 3.83. The summed E-state index contributed by atoms with van der Waals surface area (Å²) in [6.07, 6.45) is 0. The van der Waals surface area contributed by atoms with Crippen LogP contribution in [0.15, 0.2) is 94.1 Å². The molecular weight excluding hydrogens is 565 g/mol. The standard InChI is InChI=1S/C34H22FN3O4S/c1-18-15-19(2)28-26(16-18)43-33(36-28)38-31(40)30-27(29(39)21-10-4-8-14-25(21)42-30)34(38)22-11-5-7-13-24(22)37(32(34)41)17-20-9-3-6-12-23(20)35/h3-16H,17H2,1-2H3. The third-order valence-electron chi connectivity index (χ3n) is 8.33. The van der Waals surface area contributed by atoms with Crippen LogP contribution in [0.5, 0.6) is 0 Å². The highest BCUT2D eigenvalue weighted by Gasteiger charge is 2.66. The molecule has 0 bridgehead atoms. The van der Waals surface area contributed by atoms with Crippen molar-refractivity contribution in [1.29, 1.82) is 0 Å². The number of amides is 2. The zero-order valence-corrected chi connectivity index (χ0v) is 23.9. The van der Waals surface area contributed by atoms with Crippen LogP contribution in [0.3, 0.4) is 0 Å². The lowest BCUT2D eigenvalue weighted by Gasteiger charge is -2.32. The van der Waals surface area contributed by atoms with Gasteiger partial charge in [-0.15, -0.1) is 0 Å². The molecule has 2 aliphatic heterocycles. The van der Waals surface area contributed by atoms with Crippen LogP contribution in [0.25, 0.3) is 21.2 Å². The number of carbonyl (C=O) groups is 2. The SMILES string of the molecule is Cc1cc(C)c2nc(N3C(=O)c4oc5ccccc5c(=O)c4C34C(=O)N(Cc3ccccc3F)c3ccccc34)sc2c1. The van der Waals surface area contributed by atoms with Crippen LogP contribution in [-0.2, 0) is 16.9 Å². The number of carbonyl (C=O) groups excluding carboxylic acids is 2. The van der Waals surface area contributed by atoms with Crippen LogP contribution in [0, 0.1) is 19.7 Å². The predicted octanol–water partition coefficient (Wildman–Crippen LogP) is 6.61. The lowest BCUT2D eigenvalue weighted by Crippen LogP contribution is -2.53. The number of nitrogens with zero attached hydrogens (tertiary/aromatic N) is 3. The molecule has 1 unspecified atom stereocenters. The highest BCUT2D eigenvalue weighted by molar-refractivity contribution is 7.22. The summed E-state index contributed by atoms with van der Waals surface area (Å²) in [5.41, 5.74) is 1.67. The molecule has 2 amide bonds. The second-order valence-corrected chi connectivity index (χ2v) is 11.9. The van der Waals surface area contributed by atoms with Crippen molar-refractivity contribution in [2.75, 3.05) is 9.80 Å². The smallest absolute Gasteiger partial charge is 0.297 e. The summed E-state index contributed by atoms with van der Waals surface area (Å²) in [5, 5.41) is 0.517. The summed E-state index contributed by atoms with van der Waals surface area (Å²) in [6, 6.07) is 23.9. The quantitative estimate of drug-likeness (QED) is 0.233. The van der Waals surface area contributed by atoms with E-state index in [4.69, 9.17) is 9.40 Å². The zero-order chi connectivity index (χ0) is 29.6. The van der Waals surface area contributed by atoms with Gasteiger partial charge in [0.05, 0.1) is 33.4 Å². The van der Waals surface area contributed by atoms with Crippen molar-refractivity contribution in [1.82, 2.24) is 4.98 Å². The maximum Gasteiger partial charge on any atom is 0.297 e. The van der Waals surface area contributed by atoms with Gasteiger partial charge in [-0.05, 0) is 55.3 Å². The Kier molecular flexibility index (Phi) is 5.30. The van der Waals surface area contributed by atoms with Gasteiger partial charge in [0, 0.05) is 11.1 Å². The average Bonchev–Trinajstić information content (AvgIpc) is 3.61. The zero-order valence-electron chi connectivity index (χ0n) is 23.1. The molecule has 1 atom stereocenters. The molecule has 0 saturated heterocycles. The van der Waals surface area contributed by atoms with Crippen LogP contribution in [0.2, 0.25) is 0 Å². The van der Waals surface area contributed by atoms with Crippen LogP contribution in [0.1, 0.15) is 38.4 Å². The molecule has 0 radical (unpaired) electrons. The number of benzene rings is 4. The number of para-hydroxylation sites is 2. The van der Waals surface area contributed by atoms with Crippen LogP contribution in [-0.4, -0.2) is 16.8 Å². The van der Waals surface area contributed by atoms with E-state index < -0.39 is 28.6 Å². The fourth-order valence-electron chi connectivity index (χ4n) is 6.52. The van der Waals surface area contributed by atoms with Gasteiger partial charge in [0.25, 0.3) is 11.8 Å². The van der Waals surface area contributed by atoms with E-state index in [2.05, 4.69) is 0 Å². The number of anilines is 2. The molecule has 0 N–H and O–H groups in total. The third kappa shape index (κ3) is 3.33. The molecule has 4 heterocycles. The second kappa shape index (κ2) is 8.92. The highest BCUT2D eigenvalue weighted by atomic mass is 32.1. The Morgan fingerprint density at radius 2 is 1.67 bits per heavy atom. The molecule has 7 nitrogen and oxygen atoms in total. The monoisotopic (exact) mass is 587 g/mol. The van der Waals surface area contributed by atoms with Gasteiger partial charge in [-0.25, -0.2) is 9.37 Å². The first-order valence-corrected chi connectivity index (χ1v) is 14.6. The van der Waals surface area contributed by atoms with E-state index >= 15 is 4.79 Å². The van der Waals surface area contributed by atoms with Crippen molar-refractivity contribution in [3.63, 3.8) is 0 Å². The summed E-state index contributed by atoms with van der Waals surface area (Å²) in [4.78, 5) is 51.5. The first-order chi connectivity index (χ1) is 20.8. The van der Waals surface area contributed by atoms with Gasteiger partial charge in [-0.1, -0.05) is 65.9 Å². The van der Waals surface area contributed by atoms with E-state index in [1.807, 2.05) is 26.0 Å². The average molecular weight is 588 g/mol. The molecular formula is C34H22FN3O4S. The molecule has 1 spiro atoms. The topological polar surface area (TPSA) is 83.7 Å². The van der Waals surface area contributed by atoms with Crippen molar-refractivity contribution in [3.05, 3.63) is 135 Å². The number of halogens is 1. The molecule has 0 saturated carbocycles. The number of fused-ring (bicyclic) bond motifs is 6. The molecule has 43 heavy (non-hydrogen) atoms. The minimum absolute atomic E-state index is 0.0585. The lowest BCUT2D eigenvalue weighted by molar-refractivity contribution is -0.121. The Morgan fingerprint density at radius 1 is 0.930 bits per heavy atom. The highest BCUT2D eigenvalue weighted by Crippen LogP contribution is 2.55. The number of rotatable bonds is 3. The molecule has 8 rings (SSSR count). The summed E-state index contributed by atoms with van der Waals surface area (Å²) in [7, 11) is 0. The van der Waals surface area contributed by atoms with E-state index in [-0.39, 0.29) is 34.0 Å². The van der Waals surface area contributed by atoms with Crippen molar-refractivity contribution < 1.29 is 18.4 Å². The minimum atomic E-state index is -1.91. The maximum atomic E-state index is 15.0. The molecule has 0 fully saturated rings. The minimum Gasteiger partial charge on any atom is -0.450 e.